The molecule has 1 atom stereocenters. The Morgan fingerprint density at radius 2 is 2.10 bits per heavy atom. The zero-order chi connectivity index (χ0) is 7.98. The van der Waals surface area contributed by atoms with Crippen molar-refractivity contribution in [3.63, 3.8) is 0 Å². The molecule has 0 aromatic carbocycles. The lowest BCUT2D eigenvalue weighted by Crippen LogP contribution is -2.09. The van der Waals surface area contributed by atoms with Gasteiger partial charge in [0, 0.05) is 5.88 Å². The van der Waals surface area contributed by atoms with Gasteiger partial charge >= 0.3 is 0 Å². The smallest absolute Gasteiger partial charge is 0.0254 e. The molecule has 0 aromatic rings. The van der Waals surface area contributed by atoms with E-state index in [0.29, 0.717) is 11.8 Å². The van der Waals surface area contributed by atoms with E-state index in [-0.39, 0.29) is 0 Å². The third-order valence-electron chi connectivity index (χ3n) is 1.88. The molecule has 0 saturated carbocycles. The van der Waals surface area contributed by atoms with E-state index >= 15 is 0 Å². The van der Waals surface area contributed by atoms with Crippen LogP contribution in [-0.4, -0.2) is 5.88 Å². The van der Waals surface area contributed by atoms with Gasteiger partial charge in [-0.1, -0.05) is 19.9 Å². The lowest BCUT2D eigenvalue weighted by Gasteiger charge is -2.16. The van der Waals surface area contributed by atoms with Crippen molar-refractivity contribution in [2.75, 3.05) is 5.88 Å². The van der Waals surface area contributed by atoms with E-state index in [1.807, 2.05) is 6.08 Å². The van der Waals surface area contributed by atoms with Crippen molar-refractivity contribution in [2.24, 2.45) is 11.8 Å². The molecule has 0 aliphatic heterocycles. The fourth-order valence-corrected chi connectivity index (χ4v) is 1.43. The lowest BCUT2D eigenvalue weighted by atomic mass is 9.93. The van der Waals surface area contributed by atoms with Crippen LogP contribution in [0.3, 0.4) is 0 Å². The Labute approximate surface area is 69.3 Å². The molecule has 1 heteroatoms. The van der Waals surface area contributed by atoms with Crippen molar-refractivity contribution in [3.05, 3.63) is 12.7 Å². The van der Waals surface area contributed by atoms with E-state index in [4.69, 9.17) is 11.6 Å². The fourth-order valence-electron chi connectivity index (χ4n) is 0.921. The summed E-state index contributed by atoms with van der Waals surface area (Å²) in [6.07, 6.45) is 4.24. The number of halogens is 1. The summed E-state index contributed by atoms with van der Waals surface area (Å²) in [4.78, 5) is 0. The minimum atomic E-state index is 0.666. The van der Waals surface area contributed by atoms with Crippen LogP contribution in [0, 0.1) is 11.8 Å². The molecule has 0 rings (SSSR count). The fraction of sp³-hybridized carbons (Fsp3) is 0.778. The van der Waals surface area contributed by atoms with Crippen molar-refractivity contribution in [3.8, 4) is 0 Å². The van der Waals surface area contributed by atoms with Gasteiger partial charge in [0.05, 0.1) is 0 Å². The van der Waals surface area contributed by atoms with Gasteiger partial charge in [-0.15, -0.1) is 18.2 Å². The highest BCUT2D eigenvalue weighted by molar-refractivity contribution is 6.18. The average Bonchev–Trinajstić information content (AvgIpc) is 1.89. The summed E-state index contributed by atoms with van der Waals surface area (Å²) in [7, 11) is 0. The van der Waals surface area contributed by atoms with Crippen LogP contribution in [0.1, 0.15) is 26.7 Å². The highest BCUT2D eigenvalue weighted by Crippen LogP contribution is 2.18. The van der Waals surface area contributed by atoms with Crippen molar-refractivity contribution >= 4 is 11.6 Å². The molecule has 0 amide bonds. The predicted octanol–water partition coefficient (Wildman–Crippen LogP) is 3.46. The third-order valence-corrected chi connectivity index (χ3v) is 2.28. The van der Waals surface area contributed by atoms with E-state index in [9.17, 15) is 0 Å². The Morgan fingerprint density at radius 1 is 1.50 bits per heavy atom. The Balaban J connectivity index is 3.49. The lowest BCUT2D eigenvalue weighted by molar-refractivity contribution is 0.400. The van der Waals surface area contributed by atoms with Gasteiger partial charge in [0.2, 0.25) is 0 Å². The standard InChI is InChI=1S/C9H17Cl/c1-4-5-6-9(7-10)8(2)3/h4,8-9H,1,5-7H2,2-3H3. The van der Waals surface area contributed by atoms with E-state index in [2.05, 4.69) is 20.4 Å². The molecular formula is C9H17Cl. The molecule has 0 saturated heterocycles. The summed E-state index contributed by atoms with van der Waals surface area (Å²) >= 11 is 5.76. The second-order valence-electron chi connectivity index (χ2n) is 3.02. The first-order valence-electron chi connectivity index (χ1n) is 3.89. The first-order valence-corrected chi connectivity index (χ1v) is 4.42. The predicted molar refractivity (Wildman–Crippen MR) is 48.5 cm³/mol. The molecule has 0 bridgehead atoms. The summed E-state index contributed by atoms with van der Waals surface area (Å²) in [6.45, 7) is 8.12. The van der Waals surface area contributed by atoms with Crippen LogP contribution >= 0.6 is 11.6 Å². The summed E-state index contributed by atoms with van der Waals surface area (Å²) in [5, 5.41) is 0. The number of alkyl halides is 1. The molecule has 0 radical (unpaired) electrons. The molecule has 1 unspecified atom stereocenters. The zero-order valence-electron chi connectivity index (χ0n) is 6.94. The van der Waals surface area contributed by atoms with Gasteiger partial charge in [-0.05, 0) is 24.7 Å². The number of hydrogen-bond donors (Lipinski definition) is 0. The molecule has 0 spiro atoms. The minimum Gasteiger partial charge on any atom is -0.126 e. The number of allylic oxidation sites excluding steroid dienone is 1. The number of rotatable bonds is 5. The Morgan fingerprint density at radius 3 is 2.40 bits per heavy atom. The SMILES string of the molecule is C=CCCC(CCl)C(C)C. The summed E-state index contributed by atoms with van der Waals surface area (Å²) in [5.74, 6) is 2.16. The Bertz CT molecular complexity index is 86.7. The Kier molecular flexibility index (Phi) is 5.81. The van der Waals surface area contributed by atoms with Crippen LogP contribution < -0.4 is 0 Å². The highest BCUT2D eigenvalue weighted by Gasteiger charge is 2.09. The van der Waals surface area contributed by atoms with Gasteiger partial charge in [0.15, 0.2) is 0 Å². The normalized spacial score (nSPS) is 13.6. The van der Waals surface area contributed by atoms with Crippen LogP contribution in [0.5, 0.6) is 0 Å². The second-order valence-corrected chi connectivity index (χ2v) is 3.33. The topological polar surface area (TPSA) is 0 Å². The van der Waals surface area contributed by atoms with Gasteiger partial charge in [-0.25, -0.2) is 0 Å². The molecular weight excluding hydrogens is 144 g/mol. The van der Waals surface area contributed by atoms with Gasteiger partial charge < -0.3 is 0 Å². The van der Waals surface area contributed by atoms with E-state index in [1.165, 1.54) is 6.42 Å². The van der Waals surface area contributed by atoms with E-state index in [1.54, 1.807) is 0 Å². The highest BCUT2D eigenvalue weighted by atomic mass is 35.5. The van der Waals surface area contributed by atoms with Gasteiger partial charge in [0.25, 0.3) is 0 Å². The van der Waals surface area contributed by atoms with Crippen LogP contribution in [0.25, 0.3) is 0 Å². The Hall–Kier alpha value is 0.0300. The maximum Gasteiger partial charge on any atom is 0.0254 e. The first-order chi connectivity index (χ1) is 4.72. The first kappa shape index (κ1) is 10.0. The third kappa shape index (κ3) is 3.94. The van der Waals surface area contributed by atoms with Gasteiger partial charge in [0.1, 0.15) is 0 Å². The van der Waals surface area contributed by atoms with E-state index < -0.39 is 0 Å². The van der Waals surface area contributed by atoms with E-state index in [0.717, 1.165) is 12.3 Å². The molecule has 0 aromatic heterocycles. The van der Waals surface area contributed by atoms with Crippen molar-refractivity contribution < 1.29 is 0 Å². The molecule has 0 aliphatic rings. The molecule has 60 valence electrons. The van der Waals surface area contributed by atoms with Crippen molar-refractivity contribution in [1.29, 1.82) is 0 Å². The van der Waals surface area contributed by atoms with Crippen LogP contribution in [0.4, 0.5) is 0 Å². The van der Waals surface area contributed by atoms with Gasteiger partial charge in [-0.2, -0.15) is 0 Å². The molecule has 0 N–H and O–H groups in total. The maximum atomic E-state index is 5.76. The summed E-state index contributed by atoms with van der Waals surface area (Å²) < 4.78 is 0. The number of hydrogen-bond acceptors (Lipinski definition) is 0. The molecule has 0 heterocycles. The quantitative estimate of drug-likeness (QED) is 0.427. The van der Waals surface area contributed by atoms with Crippen LogP contribution in [0.15, 0.2) is 12.7 Å². The minimum absolute atomic E-state index is 0.666. The van der Waals surface area contributed by atoms with Gasteiger partial charge in [-0.3, -0.25) is 0 Å². The summed E-state index contributed by atoms with van der Waals surface area (Å²) in [5.41, 5.74) is 0. The molecule has 0 nitrogen and oxygen atoms in total. The molecule has 0 fully saturated rings. The largest absolute Gasteiger partial charge is 0.126 e. The second kappa shape index (κ2) is 5.79. The monoisotopic (exact) mass is 160 g/mol. The molecule has 10 heavy (non-hydrogen) atoms. The van der Waals surface area contributed by atoms with Crippen LogP contribution in [0.2, 0.25) is 0 Å². The molecule has 0 aliphatic carbocycles. The zero-order valence-corrected chi connectivity index (χ0v) is 7.69. The van der Waals surface area contributed by atoms with Crippen molar-refractivity contribution in [2.45, 2.75) is 26.7 Å². The van der Waals surface area contributed by atoms with Crippen molar-refractivity contribution in [1.82, 2.24) is 0 Å². The van der Waals surface area contributed by atoms with Crippen LogP contribution in [-0.2, 0) is 0 Å². The maximum absolute atomic E-state index is 5.76. The average molecular weight is 161 g/mol. The summed E-state index contributed by atoms with van der Waals surface area (Å²) in [6, 6.07) is 0.